The molecule has 0 aromatic rings. The van der Waals surface area contributed by atoms with E-state index in [-0.39, 0.29) is 213 Å². The summed E-state index contributed by atoms with van der Waals surface area (Å²) in [6, 6.07) is 0. The summed E-state index contributed by atoms with van der Waals surface area (Å²) in [7, 11) is 0. The Morgan fingerprint density at radius 3 is 0.515 bits per heavy atom. The molecule has 0 atom stereocenters. The van der Waals surface area contributed by atoms with Gasteiger partial charge in [-0.25, -0.2) is 0 Å². The Labute approximate surface area is 668 Å². The fourth-order valence-electron chi connectivity index (χ4n) is 5.84. The summed E-state index contributed by atoms with van der Waals surface area (Å²) >= 11 is 54.4. The second-order valence-electron chi connectivity index (χ2n) is 20.2. The zero-order valence-electron chi connectivity index (χ0n) is 56.5. The normalized spacial score (nSPS) is 10.5. The maximum absolute atomic E-state index is 11.8. The first-order valence-corrected chi connectivity index (χ1v) is 39.6. The second-order valence-corrected chi connectivity index (χ2v) is 25.8. The highest BCUT2D eigenvalue weighted by Gasteiger charge is 2.40. The highest BCUT2D eigenvalue weighted by Crippen LogP contribution is 2.26. The molecule has 0 spiro atoms. The highest BCUT2D eigenvalue weighted by molar-refractivity contribution is 7.82. The largest absolute Gasteiger partial charge is 0.465 e. The van der Waals surface area contributed by atoms with Gasteiger partial charge in [0.15, 0.2) is 0 Å². The Hall–Kier alpha value is -2.52. The van der Waals surface area contributed by atoms with Gasteiger partial charge in [-0.15, -0.1) is 0 Å². The number of ether oxygens (including phenoxy) is 14. The van der Waals surface area contributed by atoms with Crippen LogP contribution in [0.1, 0.15) is 90.9 Å². The summed E-state index contributed by atoms with van der Waals surface area (Å²) in [6.07, 6.45) is 3.86. The zero-order valence-corrected chi connectivity index (χ0v) is 69.0. The first kappa shape index (κ1) is 107. The van der Waals surface area contributed by atoms with Gasteiger partial charge in [0.2, 0.25) is 0 Å². The first-order valence-electron chi connectivity index (χ1n) is 30.8. The van der Waals surface area contributed by atoms with Crippen LogP contribution >= 0.6 is 177 Å². The van der Waals surface area contributed by atoms with Gasteiger partial charge in [-0.1, -0.05) is 20.3 Å². The summed E-state index contributed by atoms with van der Waals surface area (Å²) < 4.78 is 70.7. The number of hydrogen-bond donors (Lipinski definition) is 14. The number of unbranched alkanes of at least 4 members (excludes halogenated alkanes) is 1. The Morgan fingerprint density at radius 2 is 0.356 bits per heavy atom. The molecule has 0 fully saturated rings. The summed E-state index contributed by atoms with van der Waals surface area (Å²) in [5.41, 5.74) is -3.31. The number of thiol groups is 14. The quantitative estimate of drug-likeness (QED) is 0.0160. The van der Waals surface area contributed by atoms with E-state index >= 15 is 0 Å². The molecule has 0 amide bonds. The molecular formula is C59H100O28S14. The smallest absolute Gasteiger partial charge is 0.315 e. The van der Waals surface area contributed by atoms with E-state index in [1.54, 1.807) is 0 Å². The van der Waals surface area contributed by atoms with Crippen molar-refractivity contribution in [1.29, 1.82) is 0 Å². The minimum Gasteiger partial charge on any atom is -0.465 e. The molecule has 0 unspecified atom stereocenters. The summed E-state index contributed by atoms with van der Waals surface area (Å²) in [5, 5.41) is 0. The van der Waals surface area contributed by atoms with E-state index in [1.807, 2.05) is 6.92 Å². The molecule has 0 N–H and O–H groups in total. The third kappa shape index (κ3) is 66.6. The van der Waals surface area contributed by atoms with Crippen LogP contribution in [0.15, 0.2) is 0 Å². The molecule has 0 heterocycles. The molecule has 0 aromatic heterocycles. The number of hydrogen-bond acceptors (Lipinski definition) is 42. The van der Waals surface area contributed by atoms with Crippen molar-refractivity contribution in [2.24, 2.45) is 16.2 Å². The van der Waals surface area contributed by atoms with Crippen LogP contribution in [0.3, 0.4) is 0 Å². The average molecular weight is 1710 g/mol. The minimum absolute atomic E-state index is 0.00157. The molecule has 0 aliphatic carbocycles. The number of carbonyl (C=O) groups excluding carboxylic acids is 14. The molecule has 0 aromatic carbocycles. The fraction of sp³-hybridized carbons (Fsp3) is 0.763. The second kappa shape index (κ2) is 73.0. The standard InChI is InChI=1S/C17H28O8S4.C15H26O6S3.C13H20O8S4.C8H14O4S2.C6H12O2S/c18-13(1-5-26)22-9-17(10-23-14(19)2-6-27,11-24-15(20)3-7-28)12-25-16(21)4-8-29;1-2-15(9-19-12(16)3-6-22,10-20-13(17)4-7-23)11-21-14(18)5-8-24;14-9(1-22)18-5-13(6-19-10(15)2-23,7-20-11(16)3-24)8-21-12(17)4-25;9-7(1-5-13)11-3-4-12-8(10)2-6-14;1-2-3-4-8-6(7)5-9/h26-29H,1-12H2;22-24H,2-11H2,1H3;22-25H,1-8H2;13-14H,1-6H2;9H,2-5H2,1H3. The van der Waals surface area contributed by atoms with Crippen LogP contribution in [-0.4, -0.2) is 257 Å². The number of rotatable bonds is 52. The molecule has 0 bridgehead atoms. The first-order chi connectivity index (χ1) is 48.1. The van der Waals surface area contributed by atoms with Crippen LogP contribution in [0.5, 0.6) is 0 Å². The molecular weight excluding hydrogens is 1610 g/mol. The minimum atomic E-state index is -1.28. The van der Waals surface area contributed by atoms with Gasteiger partial charge in [-0.2, -0.15) is 177 Å². The number of esters is 14. The maximum atomic E-state index is 11.8. The fourth-order valence-corrected chi connectivity index (χ4v) is 7.94. The molecule has 0 rings (SSSR count). The highest BCUT2D eigenvalue weighted by atomic mass is 32.1. The third-order valence-corrected chi connectivity index (χ3v) is 14.8. The lowest BCUT2D eigenvalue weighted by Gasteiger charge is -2.31. The van der Waals surface area contributed by atoms with Crippen LogP contribution in [0, 0.1) is 16.2 Å². The lowest BCUT2D eigenvalue weighted by atomic mass is 9.88. The van der Waals surface area contributed by atoms with Crippen molar-refractivity contribution in [1.82, 2.24) is 0 Å². The molecule has 0 saturated carbocycles. The maximum Gasteiger partial charge on any atom is 0.315 e. The molecule has 28 nitrogen and oxygen atoms in total. The zero-order chi connectivity index (χ0) is 77.8. The van der Waals surface area contributed by atoms with Crippen LogP contribution in [-0.2, 0) is 133 Å². The van der Waals surface area contributed by atoms with Gasteiger partial charge in [0.1, 0.15) is 96.7 Å². The molecule has 0 aliphatic heterocycles. The van der Waals surface area contributed by atoms with Gasteiger partial charge < -0.3 is 66.3 Å². The third-order valence-electron chi connectivity index (χ3n) is 11.5. The van der Waals surface area contributed by atoms with E-state index in [1.165, 1.54) is 0 Å². The summed E-state index contributed by atoms with van der Waals surface area (Å²) in [5.74, 6) is -4.12. The lowest BCUT2D eigenvalue weighted by molar-refractivity contribution is -0.172. The van der Waals surface area contributed by atoms with Crippen LogP contribution in [0.4, 0.5) is 0 Å². The monoisotopic (exact) mass is 1700 g/mol. The average Bonchev–Trinajstić information content (AvgIpc) is 0.872. The van der Waals surface area contributed by atoms with Crippen LogP contribution in [0.25, 0.3) is 0 Å². The molecule has 588 valence electrons. The topological polar surface area (TPSA) is 368 Å². The van der Waals surface area contributed by atoms with E-state index < -0.39 is 81.9 Å². The van der Waals surface area contributed by atoms with E-state index in [0.717, 1.165) is 12.8 Å². The van der Waals surface area contributed by atoms with E-state index in [9.17, 15) is 67.1 Å². The van der Waals surface area contributed by atoms with E-state index in [2.05, 4.69) is 184 Å². The molecule has 42 heteroatoms. The van der Waals surface area contributed by atoms with E-state index in [4.69, 9.17) is 66.3 Å². The van der Waals surface area contributed by atoms with Gasteiger partial charge in [-0.3, -0.25) is 67.1 Å². The van der Waals surface area contributed by atoms with Gasteiger partial charge in [-0.05, 0) is 12.8 Å². The Kier molecular flexibility index (Phi) is 77.4. The van der Waals surface area contributed by atoms with Gasteiger partial charge in [0.05, 0.1) is 98.6 Å². The number of carbonyl (C=O) groups is 14. The summed E-state index contributed by atoms with van der Waals surface area (Å²) in [6.45, 7) is 2.20. The van der Waals surface area contributed by atoms with Crippen molar-refractivity contribution in [3.8, 4) is 0 Å². The molecule has 0 aliphatic rings. The SMILES string of the molecule is CCC(COC(=O)CCS)(COC(=O)CCS)COC(=O)CCS.CCCCOC(=O)CS.O=C(CCS)OCC(COC(=O)CCS)(COC(=O)CCS)COC(=O)CCS.O=C(CCS)OCCOC(=O)CCS.O=C(CS)OCC(COC(=O)CS)(COC(=O)CS)COC(=O)CS. The van der Waals surface area contributed by atoms with Gasteiger partial charge in [0, 0.05) is 51.8 Å². The van der Waals surface area contributed by atoms with E-state index in [0.29, 0.717) is 41.8 Å². The predicted octanol–water partition coefficient (Wildman–Crippen LogP) is 5.23. The van der Waals surface area contributed by atoms with Gasteiger partial charge in [0.25, 0.3) is 0 Å². The van der Waals surface area contributed by atoms with Crippen molar-refractivity contribution < 1.29 is 133 Å². The van der Waals surface area contributed by atoms with Crippen molar-refractivity contribution in [2.45, 2.75) is 90.9 Å². The molecule has 101 heavy (non-hydrogen) atoms. The van der Waals surface area contributed by atoms with Gasteiger partial charge >= 0.3 is 83.6 Å². The Morgan fingerprint density at radius 1 is 0.208 bits per heavy atom. The van der Waals surface area contributed by atoms with Crippen LogP contribution in [0.2, 0.25) is 0 Å². The summed E-state index contributed by atoms with van der Waals surface area (Å²) in [4.78, 5) is 159. The van der Waals surface area contributed by atoms with Crippen molar-refractivity contribution >= 4 is 260 Å². The Bertz CT molecular complexity index is 2090. The molecule has 0 radical (unpaired) electrons. The van der Waals surface area contributed by atoms with Crippen molar-refractivity contribution in [3.63, 3.8) is 0 Å². The van der Waals surface area contributed by atoms with Crippen LogP contribution < -0.4 is 0 Å². The van der Waals surface area contributed by atoms with Crippen molar-refractivity contribution in [2.75, 3.05) is 173 Å². The molecule has 0 saturated heterocycles. The lowest BCUT2D eigenvalue weighted by Crippen LogP contribution is -2.44. The predicted molar refractivity (Wildman–Crippen MR) is 421 cm³/mol. The Balaban J connectivity index is -0.000000397. The van der Waals surface area contributed by atoms with Crippen molar-refractivity contribution in [3.05, 3.63) is 0 Å².